The highest BCUT2D eigenvalue weighted by Gasteiger charge is 2.33. The average molecular weight is 383 g/mol. The molecule has 10 heteroatoms. The van der Waals surface area contributed by atoms with E-state index in [0.29, 0.717) is 24.6 Å². The van der Waals surface area contributed by atoms with Crippen molar-refractivity contribution in [3.63, 3.8) is 0 Å². The summed E-state index contributed by atoms with van der Waals surface area (Å²) in [6, 6.07) is -0.212. The number of rotatable bonds is 5. The predicted octanol–water partition coefficient (Wildman–Crippen LogP) is 0.499. The van der Waals surface area contributed by atoms with E-state index in [4.69, 9.17) is 9.57 Å². The fourth-order valence-electron chi connectivity index (χ4n) is 2.75. The molecule has 0 aromatic rings. The second-order valence-corrected chi connectivity index (χ2v) is 7.52. The van der Waals surface area contributed by atoms with Crippen LogP contribution < -0.4 is 5.32 Å². The third kappa shape index (κ3) is 6.22. The zero-order valence-corrected chi connectivity index (χ0v) is 15.8. The maximum atomic E-state index is 12.2. The number of amides is 4. The van der Waals surface area contributed by atoms with Gasteiger partial charge in [0.05, 0.1) is 12.5 Å². The molecule has 10 nitrogen and oxygen atoms in total. The Hall–Kier alpha value is -2.65. The monoisotopic (exact) mass is 383 g/mol. The molecule has 2 aliphatic rings. The van der Waals surface area contributed by atoms with Crippen LogP contribution in [0.2, 0.25) is 0 Å². The van der Waals surface area contributed by atoms with Crippen LogP contribution in [0.4, 0.5) is 4.79 Å². The minimum absolute atomic E-state index is 0.0187. The van der Waals surface area contributed by atoms with Gasteiger partial charge in [-0.25, -0.2) is 9.59 Å². The molecule has 0 aromatic heterocycles. The fourth-order valence-corrected chi connectivity index (χ4v) is 2.75. The number of ether oxygens (including phenoxy) is 1. The minimum atomic E-state index is -0.811. The fraction of sp³-hybridized carbons (Fsp3) is 0.706. The second-order valence-electron chi connectivity index (χ2n) is 7.52. The van der Waals surface area contributed by atoms with Crippen molar-refractivity contribution in [2.45, 2.75) is 64.5 Å². The first-order chi connectivity index (χ1) is 12.5. The first-order valence-corrected chi connectivity index (χ1v) is 8.89. The van der Waals surface area contributed by atoms with Crippen molar-refractivity contribution in [1.29, 1.82) is 0 Å². The molecule has 150 valence electrons. The molecule has 2 saturated heterocycles. The quantitative estimate of drug-likeness (QED) is 0.686. The summed E-state index contributed by atoms with van der Waals surface area (Å²) < 4.78 is 5.18. The number of likely N-dealkylation sites (tertiary alicyclic amines) is 1. The van der Waals surface area contributed by atoms with Crippen molar-refractivity contribution in [3.8, 4) is 0 Å². The number of hydrogen-bond acceptors (Lipinski definition) is 7. The Balaban J connectivity index is 1.71. The topological polar surface area (TPSA) is 122 Å². The summed E-state index contributed by atoms with van der Waals surface area (Å²) in [6.45, 7) is 6.08. The summed E-state index contributed by atoms with van der Waals surface area (Å²) in [6.07, 6.45) is -0.252. The summed E-state index contributed by atoms with van der Waals surface area (Å²) in [5.41, 5.74) is -0.601. The zero-order chi connectivity index (χ0) is 20.2. The van der Waals surface area contributed by atoms with Gasteiger partial charge in [-0.15, -0.1) is 5.06 Å². The Kier molecular flexibility index (Phi) is 6.40. The van der Waals surface area contributed by atoms with Gasteiger partial charge in [-0.05, 0) is 27.2 Å². The molecule has 0 radical (unpaired) electrons. The molecule has 1 N–H and O–H groups in total. The van der Waals surface area contributed by atoms with E-state index in [1.165, 1.54) is 0 Å². The van der Waals surface area contributed by atoms with Crippen molar-refractivity contribution in [1.82, 2.24) is 15.3 Å². The lowest BCUT2D eigenvalue weighted by Gasteiger charge is -2.22. The lowest BCUT2D eigenvalue weighted by Crippen LogP contribution is -2.41. The maximum Gasteiger partial charge on any atom is 0.407 e. The standard InChI is InChI=1S/C17H25N3O7/c1-17(2,3)26-16(25)18-11-8-9-19(10-11)12(21)6-7-15(24)27-20-13(22)4-5-14(20)23/h11H,4-10H2,1-3H3,(H,18,25)/t11-/m1/s1. The van der Waals surface area contributed by atoms with Gasteiger partial charge in [0.1, 0.15) is 5.60 Å². The number of hydroxylamine groups is 2. The number of nitrogens with zero attached hydrogens (tertiary/aromatic N) is 2. The lowest BCUT2D eigenvalue weighted by atomic mass is 10.2. The third-order valence-corrected chi connectivity index (χ3v) is 4.00. The van der Waals surface area contributed by atoms with E-state index < -0.39 is 29.5 Å². The normalized spacial score (nSPS) is 20.0. The Labute approximate surface area is 157 Å². The molecule has 2 rings (SSSR count). The predicted molar refractivity (Wildman–Crippen MR) is 90.8 cm³/mol. The summed E-state index contributed by atoms with van der Waals surface area (Å²) in [5.74, 6) is -2.19. The molecular weight excluding hydrogens is 358 g/mol. The van der Waals surface area contributed by atoms with E-state index in [1.54, 1.807) is 25.7 Å². The number of imide groups is 1. The minimum Gasteiger partial charge on any atom is -0.444 e. The molecule has 2 heterocycles. The van der Waals surface area contributed by atoms with E-state index in [1.807, 2.05) is 0 Å². The van der Waals surface area contributed by atoms with Crippen LogP contribution in [0, 0.1) is 0 Å². The largest absolute Gasteiger partial charge is 0.444 e. The molecule has 4 amide bonds. The van der Waals surface area contributed by atoms with Crippen LogP contribution in [0.15, 0.2) is 0 Å². The number of hydrogen-bond donors (Lipinski definition) is 1. The van der Waals surface area contributed by atoms with Gasteiger partial charge < -0.3 is 19.8 Å². The average Bonchev–Trinajstić information content (AvgIpc) is 3.12. The molecule has 1 atom stereocenters. The first-order valence-electron chi connectivity index (χ1n) is 8.89. The van der Waals surface area contributed by atoms with Crippen LogP contribution >= 0.6 is 0 Å². The number of alkyl carbamates (subject to hydrolysis) is 1. The molecule has 0 saturated carbocycles. The van der Waals surface area contributed by atoms with Crippen molar-refractivity contribution in [2.24, 2.45) is 0 Å². The van der Waals surface area contributed by atoms with Gasteiger partial charge in [-0.2, -0.15) is 0 Å². The first kappa shape index (κ1) is 20.7. The lowest BCUT2D eigenvalue weighted by molar-refractivity contribution is -0.197. The Morgan fingerprint density at radius 3 is 2.33 bits per heavy atom. The van der Waals surface area contributed by atoms with Gasteiger partial charge in [0.15, 0.2) is 0 Å². The van der Waals surface area contributed by atoms with Crippen LogP contribution in [0.3, 0.4) is 0 Å². The summed E-state index contributed by atoms with van der Waals surface area (Å²) in [4.78, 5) is 64.7. The molecule has 0 unspecified atom stereocenters. The van der Waals surface area contributed by atoms with Gasteiger partial charge >= 0.3 is 12.1 Å². The van der Waals surface area contributed by atoms with Gasteiger partial charge in [0, 0.05) is 32.4 Å². The van der Waals surface area contributed by atoms with Crippen molar-refractivity contribution >= 4 is 29.8 Å². The second kappa shape index (κ2) is 8.36. The molecule has 0 aromatic carbocycles. The zero-order valence-electron chi connectivity index (χ0n) is 15.8. The van der Waals surface area contributed by atoms with Gasteiger partial charge in [0.2, 0.25) is 5.91 Å². The van der Waals surface area contributed by atoms with Crippen molar-refractivity contribution in [3.05, 3.63) is 0 Å². The van der Waals surface area contributed by atoms with Crippen LogP contribution in [-0.4, -0.2) is 64.5 Å². The summed E-state index contributed by atoms with van der Waals surface area (Å²) >= 11 is 0. The summed E-state index contributed by atoms with van der Waals surface area (Å²) in [7, 11) is 0. The molecule has 27 heavy (non-hydrogen) atoms. The number of nitrogens with one attached hydrogen (secondary N) is 1. The van der Waals surface area contributed by atoms with Crippen molar-refractivity contribution in [2.75, 3.05) is 13.1 Å². The Morgan fingerprint density at radius 2 is 1.74 bits per heavy atom. The molecule has 2 aliphatic heterocycles. The molecule has 2 fully saturated rings. The van der Waals surface area contributed by atoms with Gasteiger partial charge in [0.25, 0.3) is 11.8 Å². The maximum absolute atomic E-state index is 12.2. The van der Waals surface area contributed by atoms with Crippen LogP contribution in [0.5, 0.6) is 0 Å². The van der Waals surface area contributed by atoms with E-state index in [9.17, 15) is 24.0 Å². The van der Waals surface area contributed by atoms with E-state index in [-0.39, 0.29) is 37.6 Å². The molecule has 0 aliphatic carbocycles. The van der Waals surface area contributed by atoms with Crippen LogP contribution in [0.25, 0.3) is 0 Å². The van der Waals surface area contributed by atoms with Gasteiger partial charge in [-0.3, -0.25) is 14.4 Å². The highest BCUT2D eigenvalue weighted by molar-refractivity contribution is 6.01. The van der Waals surface area contributed by atoms with Crippen LogP contribution in [-0.2, 0) is 28.8 Å². The van der Waals surface area contributed by atoms with Crippen molar-refractivity contribution < 1.29 is 33.5 Å². The van der Waals surface area contributed by atoms with E-state index >= 15 is 0 Å². The van der Waals surface area contributed by atoms with E-state index in [2.05, 4.69) is 5.32 Å². The molecule has 0 spiro atoms. The van der Waals surface area contributed by atoms with E-state index in [0.717, 1.165) is 0 Å². The highest BCUT2D eigenvalue weighted by atomic mass is 16.7. The highest BCUT2D eigenvalue weighted by Crippen LogP contribution is 2.15. The molecule has 0 bridgehead atoms. The number of carbonyl (C=O) groups is 5. The van der Waals surface area contributed by atoms with Crippen LogP contribution in [0.1, 0.15) is 52.9 Å². The smallest absolute Gasteiger partial charge is 0.407 e. The third-order valence-electron chi connectivity index (χ3n) is 4.00. The van der Waals surface area contributed by atoms with Gasteiger partial charge in [-0.1, -0.05) is 0 Å². The Bertz CT molecular complexity index is 625. The summed E-state index contributed by atoms with van der Waals surface area (Å²) in [5, 5.41) is 3.18. The number of carbonyl (C=O) groups excluding carboxylic acids is 5. The Morgan fingerprint density at radius 1 is 1.11 bits per heavy atom. The molecular formula is C17H25N3O7. The SMILES string of the molecule is CC(C)(C)OC(=O)N[C@@H]1CCN(C(=O)CCC(=O)ON2C(=O)CCC2=O)C1.